The third kappa shape index (κ3) is 2.35. The smallest absolute Gasteiger partial charge is 0.105 e. The minimum absolute atomic E-state index is 0.321. The molecule has 0 radical (unpaired) electrons. The highest BCUT2D eigenvalue weighted by Crippen LogP contribution is 2.63. The highest BCUT2D eigenvalue weighted by Gasteiger charge is 2.59. The van der Waals surface area contributed by atoms with Gasteiger partial charge in [0.2, 0.25) is 0 Å². The lowest BCUT2D eigenvalue weighted by Gasteiger charge is -2.43. The molecule has 2 aliphatic carbocycles. The average molecular weight is 323 g/mol. The predicted molar refractivity (Wildman–Crippen MR) is 94.0 cm³/mol. The highest BCUT2D eigenvalue weighted by atomic mass is 35.5. The third-order valence-corrected chi connectivity index (χ3v) is 6.35. The molecule has 2 fully saturated rings. The normalized spacial score (nSPS) is 33.1. The van der Waals surface area contributed by atoms with E-state index in [4.69, 9.17) is 29.6 Å². The maximum Gasteiger partial charge on any atom is 0.105 e. The third-order valence-electron chi connectivity index (χ3n) is 5.82. The molecule has 21 heavy (non-hydrogen) atoms. The van der Waals surface area contributed by atoms with Crippen molar-refractivity contribution in [1.29, 1.82) is 0 Å². The van der Waals surface area contributed by atoms with Crippen LogP contribution in [-0.4, -0.2) is 11.0 Å². The molecule has 0 amide bonds. The second-order valence-electron chi connectivity index (χ2n) is 7.55. The van der Waals surface area contributed by atoms with Crippen LogP contribution in [0.3, 0.4) is 0 Å². The number of halogens is 1. The highest BCUT2D eigenvalue weighted by molar-refractivity contribution is 7.80. The fraction of sp³-hybridized carbons (Fsp3) is 0.588. The summed E-state index contributed by atoms with van der Waals surface area (Å²) in [7, 11) is 0. The summed E-state index contributed by atoms with van der Waals surface area (Å²) in [5.74, 6) is 0.825. The molecule has 3 N–H and O–H groups in total. The summed E-state index contributed by atoms with van der Waals surface area (Å²) in [6.45, 7) is 7.21. The van der Waals surface area contributed by atoms with E-state index >= 15 is 0 Å². The predicted octanol–water partition coefficient (Wildman–Crippen LogP) is 4.60. The van der Waals surface area contributed by atoms with Crippen molar-refractivity contribution in [1.82, 2.24) is 0 Å². The first-order valence-corrected chi connectivity index (χ1v) is 8.38. The summed E-state index contributed by atoms with van der Waals surface area (Å²) in [5, 5.41) is 4.37. The van der Waals surface area contributed by atoms with Crippen LogP contribution < -0.4 is 11.1 Å². The molecule has 2 saturated carbocycles. The molecule has 3 rings (SSSR count). The van der Waals surface area contributed by atoms with Crippen molar-refractivity contribution in [3.63, 3.8) is 0 Å². The SMILES string of the molecule is CC12CCC(C1)C(C)(C)C2Nc1ccc(C(N)=S)c(Cl)c1. The zero-order chi connectivity index (χ0) is 15.4. The maximum absolute atomic E-state index is 6.29. The summed E-state index contributed by atoms with van der Waals surface area (Å²) in [4.78, 5) is 0.346. The summed E-state index contributed by atoms with van der Waals surface area (Å²) in [6, 6.07) is 6.37. The van der Waals surface area contributed by atoms with E-state index in [0.29, 0.717) is 26.9 Å². The van der Waals surface area contributed by atoms with Gasteiger partial charge in [0.1, 0.15) is 4.99 Å². The molecule has 3 atom stereocenters. The van der Waals surface area contributed by atoms with Gasteiger partial charge in [-0.05, 0) is 54.2 Å². The number of hydrogen-bond donors (Lipinski definition) is 2. The zero-order valence-corrected chi connectivity index (χ0v) is 14.4. The van der Waals surface area contributed by atoms with Gasteiger partial charge < -0.3 is 11.1 Å². The number of benzene rings is 1. The van der Waals surface area contributed by atoms with E-state index in [1.807, 2.05) is 18.2 Å². The summed E-state index contributed by atoms with van der Waals surface area (Å²) in [6.07, 6.45) is 4.01. The lowest BCUT2D eigenvalue weighted by Crippen LogP contribution is -2.45. The standard InChI is InChI=1S/C17H23ClN2S/c1-16(2)10-6-7-17(3,9-10)15(16)20-11-4-5-12(14(19)21)13(18)8-11/h4-5,8,10,15,20H,6-7,9H2,1-3H3,(H2,19,21). The largest absolute Gasteiger partial charge is 0.389 e. The summed E-state index contributed by atoms with van der Waals surface area (Å²) < 4.78 is 0. The minimum atomic E-state index is 0.321. The molecule has 2 aliphatic rings. The van der Waals surface area contributed by atoms with E-state index in [1.165, 1.54) is 19.3 Å². The number of nitrogens with one attached hydrogen (secondary N) is 1. The number of anilines is 1. The second-order valence-corrected chi connectivity index (χ2v) is 8.40. The monoisotopic (exact) mass is 322 g/mol. The molecule has 0 spiro atoms. The quantitative estimate of drug-likeness (QED) is 0.799. The Balaban J connectivity index is 1.87. The van der Waals surface area contributed by atoms with Crippen LogP contribution in [0.15, 0.2) is 18.2 Å². The van der Waals surface area contributed by atoms with E-state index in [9.17, 15) is 0 Å². The van der Waals surface area contributed by atoms with Crippen molar-refractivity contribution in [2.24, 2.45) is 22.5 Å². The Morgan fingerprint density at radius 2 is 2.10 bits per heavy atom. The average Bonchev–Trinajstić information content (AvgIpc) is 2.85. The fourth-order valence-corrected chi connectivity index (χ4v) is 5.15. The van der Waals surface area contributed by atoms with Crippen LogP contribution in [0, 0.1) is 16.7 Å². The molecule has 4 heteroatoms. The van der Waals surface area contributed by atoms with Gasteiger partial charge in [0, 0.05) is 17.3 Å². The van der Waals surface area contributed by atoms with E-state index in [1.54, 1.807) is 0 Å². The molecule has 0 heterocycles. The van der Waals surface area contributed by atoms with Gasteiger partial charge in [0.25, 0.3) is 0 Å². The lowest BCUT2D eigenvalue weighted by molar-refractivity contribution is 0.155. The number of thiocarbonyl (C=S) groups is 1. The van der Waals surface area contributed by atoms with Gasteiger partial charge in [-0.1, -0.05) is 44.6 Å². The Bertz CT molecular complexity index is 594. The molecular formula is C17H23ClN2S. The van der Waals surface area contributed by atoms with Crippen LogP contribution >= 0.6 is 23.8 Å². The second kappa shape index (κ2) is 4.85. The Labute approximate surface area is 137 Å². The number of rotatable bonds is 3. The van der Waals surface area contributed by atoms with Crippen LogP contribution in [0.25, 0.3) is 0 Å². The first-order valence-electron chi connectivity index (χ1n) is 7.60. The molecule has 0 aromatic heterocycles. The van der Waals surface area contributed by atoms with Crippen LogP contribution in [0.4, 0.5) is 5.69 Å². The molecular weight excluding hydrogens is 300 g/mol. The molecule has 2 nitrogen and oxygen atoms in total. The van der Waals surface area contributed by atoms with Crippen LogP contribution in [-0.2, 0) is 0 Å². The van der Waals surface area contributed by atoms with Gasteiger partial charge in [-0.2, -0.15) is 0 Å². The van der Waals surface area contributed by atoms with Crippen molar-refractivity contribution in [2.45, 2.75) is 46.1 Å². The van der Waals surface area contributed by atoms with Gasteiger partial charge in [0.05, 0.1) is 5.02 Å². The molecule has 3 unspecified atom stereocenters. The van der Waals surface area contributed by atoms with Crippen molar-refractivity contribution >= 4 is 34.5 Å². The van der Waals surface area contributed by atoms with Crippen LogP contribution in [0.1, 0.15) is 45.6 Å². The van der Waals surface area contributed by atoms with Gasteiger partial charge in [-0.3, -0.25) is 0 Å². The summed E-state index contributed by atoms with van der Waals surface area (Å²) in [5.41, 5.74) is 8.19. The molecule has 114 valence electrons. The number of nitrogens with two attached hydrogens (primary N) is 1. The van der Waals surface area contributed by atoms with E-state index in [2.05, 4.69) is 26.1 Å². The first kappa shape index (κ1) is 15.1. The lowest BCUT2D eigenvalue weighted by atomic mass is 9.68. The molecule has 0 saturated heterocycles. The molecule has 0 aliphatic heterocycles. The van der Waals surface area contributed by atoms with Crippen molar-refractivity contribution in [3.05, 3.63) is 28.8 Å². The van der Waals surface area contributed by atoms with Gasteiger partial charge in [-0.25, -0.2) is 0 Å². The number of hydrogen-bond acceptors (Lipinski definition) is 2. The zero-order valence-electron chi connectivity index (χ0n) is 12.9. The Morgan fingerprint density at radius 3 is 2.62 bits per heavy atom. The fourth-order valence-electron chi connectivity index (χ4n) is 4.63. The first-order chi connectivity index (χ1) is 9.74. The Morgan fingerprint density at radius 1 is 1.38 bits per heavy atom. The van der Waals surface area contributed by atoms with Gasteiger partial charge >= 0.3 is 0 Å². The van der Waals surface area contributed by atoms with Crippen molar-refractivity contribution in [2.75, 3.05) is 5.32 Å². The Kier molecular flexibility index (Phi) is 3.49. The van der Waals surface area contributed by atoms with E-state index in [-0.39, 0.29) is 0 Å². The van der Waals surface area contributed by atoms with E-state index in [0.717, 1.165) is 17.2 Å². The van der Waals surface area contributed by atoms with E-state index < -0.39 is 0 Å². The van der Waals surface area contributed by atoms with Gasteiger partial charge in [-0.15, -0.1) is 0 Å². The van der Waals surface area contributed by atoms with Crippen LogP contribution in [0.5, 0.6) is 0 Å². The topological polar surface area (TPSA) is 38.0 Å². The van der Waals surface area contributed by atoms with Crippen molar-refractivity contribution in [3.8, 4) is 0 Å². The minimum Gasteiger partial charge on any atom is -0.389 e. The maximum atomic E-state index is 6.29. The number of fused-ring (bicyclic) bond motifs is 2. The van der Waals surface area contributed by atoms with Crippen molar-refractivity contribution < 1.29 is 0 Å². The summed E-state index contributed by atoms with van der Waals surface area (Å²) >= 11 is 11.3. The molecule has 2 bridgehead atoms. The molecule has 1 aromatic rings. The van der Waals surface area contributed by atoms with Gasteiger partial charge in [0.15, 0.2) is 0 Å². The Hall–Kier alpha value is -0.800. The van der Waals surface area contributed by atoms with Crippen LogP contribution in [0.2, 0.25) is 5.02 Å². The molecule has 1 aromatic carbocycles.